The summed E-state index contributed by atoms with van der Waals surface area (Å²) in [5.74, 6) is 0. The largest absolute Gasteiger partial charge is 0.382 e. The van der Waals surface area contributed by atoms with Gasteiger partial charge in [-0.1, -0.05) is 19.1 Å². The number of benzene rings is 1. The molecule has 0 saturated heterocycles. The van der Waals surface area contributed by atoms with Crippen LogP contribution in [0.4, 0.5) is 5.69 Å². The van der Waals surface area contributed by atoms with E-state index >= 15 is 0 Å². The minimum atomic E-state index is -0.196. The van der Waals surface area contributed by atoms with Crippen LogP contribution in [0.25, 0.3) is 0 Å². The highest BCUT2D eigenvalue weighted by Crippen LogP contribution is 2.26. The Kier molecular flexibility index (Phi) is 5.25. The molecule has 0 bridgehead atoms. The van der Waals surface area contributed by atoms with E-state index in [1.807, 2.05) is 24.3 Å². The van der Waals surface area contributed by atoms with E-state index < -0.39 is 0 Å². The summed E-state index contributed by atoms with van der Waals surface area (Å²) in [6.45, 7) is 3.25. The SMILES string of the molecule is CCC(CN)(COC)Nc1ccccc1Br. The van der Waals surface area contributed by atoms with Crippen molar-refractivity contribution in [2.24, 2.45) is 5.73 Å². The maximum absolute atomic E-state index is 5.84. The number of anilines is 1. The molecule has 0 radical (unpaired) electrons. The van der Waals surface area contributed by atoms with Crippen LogP contribution >= 0.6 is 15.9 Å². The zero-order valence-corrected chi connectivity index (χ0v) is 11.4. The van der Waals surface area contributed by atoms with Gasteiger partial charge in [-0.15, -0.1) is 0 Å². The maximum Gasteiger partial charge on any atom is 0.0725 e. The van der Waals surface area contributed by atoms with Crippen molar-refractivity contribution in [2.45, 2.75) is 18.9 Å². The van der Waals surface area contributed by atoms with E-state index in [1.54, 1.807) is 7.11 Å². The highest BCUT2D eigenvalue weighted by Gasteiger charge is 2.26. The van der Waals surface area contributed by atoms with E-state index in [1.165, 1.54) is 0 Å². The highest BCUT2D eigenvalue weighted by atomic mass is 79.9. The first-order valence-corrected chi connectivity index (χ1v) is 6.18. The first-order valence-electron chi connectivity index (χ1n) is 5.39. The van der Waals surface area contributed by atoms with Gasteiger partial charge in [0.05, 0.1) is 12.1 Å². The fourth-order valence-corrected chi connectivity index (χ4v) is 1.99. The fourth-order valence-electron chi connectivity index (χ4n) is 1.61. The van der Waals surface area contributed by atoms with Crippen molar-refractivity contribution in [3.63, 3.8) is 0 Å². The quantitative estimate of drug-likeness (QED) is 0.845. The van der Waals surface area contributed by atoms with Gasteiger partial charge in [0.1, 0.15) is 0 Å². The van der Waals surface area contributed by atoms with Gasteiger partial charge in [-0.25, -0.2) is 0 Å². The van der Waals surface area contributed by atoms with Crippen LogP contribution in [-0.4, -0.2) is 25.8 Å². The molecule has 0 aliphatic carbocycles. The van der Waals surface area contributed by atoms with E-state index in [0.29, 0.717) is 13.2 Å². The number of hydrogen-bond acceptors (Lipinski definition) is 3. The van der Waals surface area contributed by atoms with Gasteiger partial charge in [0, 0.05) is 23.8 Å². The van der Waals surface area contributed by atoms with Crippen LogP contribution in [0, 0.1) is 0 Å². The molecular weight excluding hydrogens is 268 g/mol. The molecule has 4 heteroatoms. The van der Waals surface area contributed by atoms with Crippen LogP contribution < -0.4 is 11.1 Å². The summed E-state index contributed by atoms with van der Waals surface area (Å²) in [4.78, 5) is 0. The van der Waals surface area contributed by atoms with Crippen LogP contribution in [0.2, 0.25) is 0 Å². The normalized spacial score (nSPS) is 14.5. The highest BCUT2D eigenvalue weighted by molar-refractivity contribution is 9.10. The molecule has 0 amide bonds. The van der Waals surface area contributed by atoms with E-state index in [9.17, 15) is 0 Å². The molecule has 1 unspecified atom stereocenters. The molecule has 0 fully saturated rings. The molecule has 0 aromatic heterocycles. The number of nitrogens with two attached hydrogens (primary N) is 1. The fraction of sp³-hybridized carbons (Fsp3) is 0.500. The molecule has 1 rings (SSSR count). The van der Waals surface area contributed by atoms with Crippen LogP contribution in [-0.2, 0) is 4.74 Å². The van der Waals surface area contributed by atoms with E-state index in [0.717, 1.165) is 16.6 Å². The Morgan fingerprint density at radius 1 is 1.44 bits per heavy atom. The molecule has 90 valence electrons. The van der Waals surface area contributed by atoms with Crippen molar-refractivity contribution < 1.29 is 4.74 Å². The zero-order valence-electron chi connectivity index (χ0n) is 9.79. The van der Waals surface area contributed by atoms with Crippen molar-refractivity contribution in [3.8, 4) is 0 Å². The van der Waals surface area contributed by atoms with E-state index in [-0.39, 0.29) is 5.54 Å². The number of rotatable bonds is 6. The van der Waals surface area contributed by atoms with E-state index in [4.69, 9.17) is 10.5 Å². The van der Waals surface area contributed by atoms with Gasteiger partial charge in [0.15, 0.2) is 0 Å². The third-order valence-corrected chi connectivity index (χ3v) is 3.45. The maximum atomic E-state index is 5.84. The zero-order chi connectivity index (χ0) is 12.0. The molecular formula is C12H19BrN2O. The molecule has 3 nitrogen and oxygen atoms in total. The predicted octanol–water partition coefficient (Wildman–Crippen LogP) is 2.61. The summed E-state index contributed by atoms with van der Waals surface area (Å²) in [6.07, 6.45) is 0.915. The Morgan fingerprint density at radius 3 is 2.62 bits per heavy atom. The molecule has 3 N–H and O–H groups in total. The number of hydrogen-bond donors (Lipinski definition) is 2. The monoisotopic (exact) mass is 286 g/mol. The van der Waals surface area contributed by atoms with Gasteiger partial charge in [0.25, 0.3) is 0 Å². The Bertz CT molecular complexity index is 327. The topological polar surface area (TPSA) is 47.3 Å². The summed E-state index contributed by atoms with van der Waals surface area (Å²) >= 11 is 3.51. The summed E-state index contributed by atoms with van der Waals surface area (Å²) < 4.78 is 6.28. The molecule has 0 spiro atoms. The number of para-hydroxylation sites is 1. The average molecular weight is 287 g/mol. The molecule has 0 heterocycles. The Balaban J connectivity index is 2.87. The van der Waals surface area contributed by atoms with Crippen LogP contribution in [0.1, 0.15) is 13.3 Å². The lowest BCUT2D eigenvalue weighted by Crippen LogP contribution is -2.48. The molecule has 0 aliphatic rings. The van der Waals surface area contributed by atoms with Gasteiger partial charge in [-0.05, 0) is 34.5 Å². The molecule has 16 heavy (non-hydrogen) atoms. The Labute approximate surface area is 105 Å². The molecule has 1 atom stereocenters. The third kappa shape index (κ3) is 3.20. The van der Waals surface area contributed by atoms with Crippen LogP contribution in [0.5, 0.6) is 0 Å². The second kappa shape index (κ2) is 6.23. The summed E-state index contributed by atoms with van der Waals surface area (Å²) in [5, 5.41) is 3.46. The van der Waals surface area contributed by atoms with Crippen LogP contribution in [0.15, 0.2) is 28.7 Å². The minimum absolute atomic E-state index is 0.196. The smallest absolute Gasteiger partial charge is 0.0725 e. The van der Waals surface area contributed by atoms with Crippen LogP contribution in [0.3, 0.4) is 0 Å². The lowest BCUT2D eigenvalue weighted by atomic mass is 9.97. The van der Waals surface area contributed by atoms with Gasteiger partial charge in [0.2, 0.25) is 0 Å². The van der Waals surface area contributed by atoms with Crippen molar-refractivity contribution in [1.29, 1.82) is 0 Å². The second-order valence-electron chi connectivity index (χ2n) is 3.88. The lowest BCUT2D eigenvalue weighted by Gasteiger charge is -2.33. The van der Waals surface area contributed by atoms with Gasteiger partial charge in [-0.3, -0.25) is 0 Å². The van der Waals surface area contributed by atoms with Gasteiger partial charge in [-0.2, -0.15) is 0 Å². The first-order chi connectivity index (χ1) is 7.67. The summed E-state index contributed by atoms with van der Waals surface area (Å²) in [7, 11) is 1.70. The van der Waals surface area contributed by atoms with Crippen molar-refractivity contribution >= 4 is 21.6 Å². The number of ether oxygens (including phenoxy) is 1. The van der Waals surface area contributed by atoms with Crippen molar-refractivity contribution in [1.82, 2.24) is 0 Å². The summed E-state index contributed by atoms with van der Waals surface area (Å²) in [6, 6.07) is 8.02. The van der Waals surface area contributed by atoms with E-state index in [2.05, 4.69) is 28.2 Å². The Hall–Kier alpha value is -0.580. The number of methoxy groups -OCH3 is 1. The molecule has 1 aromatic carbocycles. The minimum Gasteiger partial charge on any atom is -0.382 e. The molecule has 0 saturated carbocycles. The number of halogens is 1. The molecule has 0 aliphatic heterocycles. The predicted molar refractivity (Wildman–Crippen MR) is 71.7 cm³/mol. The standard InChI is InChI=1S/C12H19BrN2O/c1-3-12(8-14,9-16-2)15-11-7-5-4-6-10(11)13/h4-7,15H,3,8-9,14H2,1-2H3. The Morgan fingerprint density at radius 2 is 2.12 bits per heavy atom. The third-order valence-electron chi connectivity index (χ3n) is 2.76. The lowest BCUT2D eigenvalue weighted by molar-refractivity contribution is 0.143. The number of nitrogens with one attached hydrogen (secondary N) is 1. The average Bonchev–Trinajstić information content (AvgIpc) is 2.31. The van der Waals surface area contributed by atoms with Gasteiger partial charge >= 0.3 is 0 Å². The molecule has 1 aromatic rings. The van der Waals surface area contributed by atoms with Crippen molar-refractivity contribution in [3.05, 3.63) is 28.7 Å². The summed E-state index contributed by atoms with van der Waals surface area (Å²) in [5.41, 5.74) is 6.70. The first kappa shape index (κ1) is 13.5. The van der Waals surface area contributed by atoms with Gasteiger partial charge < -0.3 is 15.8 Å². The second-order valence-corrected chi connectivity index (χ2v) is 4.73. The van der Waals surface area contributed by atoms with Crippen molar-refractivity contribution in [2.75, 3.05) is 25.6 Å².